The van der Waals surface area contributed by atoms with Crippen LogP contribution in [0.15, 0.2) is 0 Å². The second-order valence-corrected chi connectivity index (χ2v) is 5.21. The number of aliphatic carboxylic acids is 2. The maximum Gasteiger partial charge on any atom is 0.329 e. The molecule has 0 saturated heterocycles. The third-order valence-corrected chi connectivity index (χ3v) is 2.85. The molecule has 0 spiro atoms. The Labute approximate surface area is 155 Å². The van der Waals surface area contributed by atoms with E-state index in [1.54, 1.807) is 6.92 Å². The van der Waals surface area contributed by atoms with Crippen LogP contribution < -0.4 is 10.6 Å². The molecule has 0 aliphatic carbocycles. The minimum Gasteiger partial charge on any atom is -0.480 e. The van der Waals surface area contributed by atoms with Crippen LogP contribution in [0.5, 0.6) is 0 Å². The first-order chi connectivity index (χ1) is 12.7. The van der Waals surface area contributed by atoms with E-state index in [-0.39, 0.29) is 31.9 Å². The van der Waals surface area contributed by atoms with Crippen molar-refractivity contribution in [2.75, 3.05) is 46.1 Å². The lowest BCUT2D eigenvalue weighted by Crippen LogP contribution is -2.44. The summed E-state index contributed by atoms with van der Waals surface area (Å²) in [5.41, 5.74) is 0. The Kier molecular flexibility index (Phi) is 13.2. The van der Waals surface area contributed by atoms with Crippen molar-refractivity contribution in [3.05, 3.63) is 0 Å². The highest BCUT2D eigenvalue weighted by atomic mass is 16.5. The second-order valence-electron chi connectivity index (χ2n) is 5.21. The van der Waals surface area contributed by atoms with Crippen molar-refractivity contribution in [1.82, 2.24) is 10.6 Å². The second kappa shape index (κ2) is 14.6. The molecule has 12 nitrogen and oxygen atoms in total. The average Bonchev–Trinajstić information content (AvgIpc) is 2.59. The first-order valence-corrected chi connectivity index (χ1v) is 8.00. The summed E-state index contributed by atoms with van der Waals surface area (Å²) in [7, 11) is 0. The van der Waals surface area contributed by atoms with Gasteiger partial charge < -0.3 is 35.1 Å². The smallest absolute Gasteiger partial charge is 0.329 e. The normalized spacial score (nSPS) is 10.4. The number of carboxylic acids is 2. The SMILES string of the molecule is CCC(=O)COC(CNC(=O)COCC(=O)O)CNC(=O)COCC(=O)O. The molecule has 0 bridgehead atoms. The van der Waals surface area contributed by atoms with Crippen molar-refractivity contribution in [2.24, 2.45) is 0 Å². The Balaban J connectivity index is 4.32. The van der Waals surface area contributed by atoms with Crippen LogP contribution in [0.4, 0.5) is 0 Å². The van der Waals surface area contributed by atoms with Crippen LogP contribution in [0.3, 0.4) is 0 Å². The average molecular weight is 392 g/mol. The van der Waals surface area contributed by atoms with Crippen molar-refractivity contribution >= 4 is 29.5 Å². The van der Waals surface area contributed by atoms with Gasteiger partial charge in [0.1, 0.15) is 33.0 Å². The number of carbonyl (C=O) groups excluding carboxylic acids is 3. The van der Waals surface area contributed by atoms with Gasteiger partial charge in [-0.25, -0.2) is 9.59 Å². The number of ether oxygens (including phenoxy) is 3. The highest BCUT2D eigenvalue weighted by Gasteiger charge is 2.15. The summed E-state index contributed by atoms with van der Waals surface area (Å²) in [5.74, 6) is -3.79. The lowest BCUT2D eigenvalue weighted by atomic mass is 10.3. The maximum atomic E-state index is 11.6. The predicted octanol–water partition coefficient (Wildman–Crippen LogP) is -2.21. The fourth-order valence-electron chi connectivity index (χ4n) is 1.52. The zero-order chi connectivity index (χ0) is 20.7. The van der Waals surface area contributed by atoms with Crippen LogP contribution in [0.2, 0.25) is 0 Å². The van der Waals surface area contributed by atoms with Crippen molar-refractivity contribution in [1.29, 1.82) is 0 Å². The molecular formula is C15H24N2O10. The van der Waals surface area contributed by atoms with E-state index in [0.29, 0.717) is 0 Å². The van der Waals surface area contributed by atoms with Gasteiger partial charge in [-0.1, -0.05) is 6.92 Å². The Morgan fingerprint density at radius 2 is 1.22 bits per heavy atom. The van der Waals surface area contributed by atoms with E-state index in [2.05, 4.69) is 20.1 Å². The Morgan fingerprint density at radius 1 is 0.778 bits per heavy atom. The van der Waals surface area contributed by atoms with E-state index >= 15 is 0 Å². The van der Waals surface area contributed by atoms with Crippen LogP contribution in [0.1, 0.15) is 13.3 Å². The molecule has 0 rings (SSSR count). The molecule has 0 aromatic rings. The van der Waals surface area contributed by atoms with Gasteiger partial charge in [0, 0.05) is 19.5 Å². The largest absolute Gasteiger partial charge is 0.480 e. The molecule has 4 N–H and O–H groups in total. The fourth-order valence-corrected chi connectivity index (χ4v) is 1.52. The number of ketones is 1. The van der Waals surface area contributed by atoms with E-state index in [0.717, 1.165) is 0 Å². The number of Topliss-reactive ketones (excluding diaryl/α,β-unsaturated/α-hetero) is 1. The van der Waals surface area contributed by atoms with Gasteiger partial charge in [-0.3, -0.25) is 14.4 Å². The number of carboxylic acid groups (broad SMARTS) is 2. The fraction of sp³-hybridized carbons (Fsp3) is 0.667. The van der Waals surface area contributed by atoms with Crippen molar-refractivity contribution in [3.8, 4) is 0 Å². The Hall–Kier alpha value is -2.57. The number of amides is 2. The van der Waals surface area contributed by atoms with Crippen LogP contribution in [0, 0.1) is 0 Å². The van der Waals surface area contributed by atoms with Crippen LogP contribution in [-0.4, -0.2) is 92.0 Å². The van der Waals surface area contributed by atoms with E-state index < -0.39 is 56.3 Å². The first-order valence-electron chi connectivity index (χ1n) is 8.00. The summed E-state index contributed by atoms with van der Waals surface area (Å²) in [4.78, 5) is 55.0. The molecule has 27 heavy (non-hydrogen) atoms. The molecule has 0 aromatic heterocycles. The molecule has 0 fully saturated rings. The number of rotatable bonds is 16. The van der Waals surface area contributed by atoms with Gasteiger partial charge in [0.05, 0.1) is 6.10 Å². The number of hydrogen-bond donors (Lipinski definition) is 4. The van der Waals surface area contributed by atoms with E-state index in [1.165, 1.54) is 0 Å². The minimum absolute atomic E-state index is 0.0669. The van der Waals surface area contributed by atoms with Gasteiger partial charge in [-0.2, -0.15) is 0 Å². The zero-order valence-corrected chi connectivity index (χ0v) is 14.9. The molecule has 0 aliphatic rings. The molecule has 0 unspecified atom stereocenters. The number of hydrogen-bond acceptors (Lipinski definition) is 8. The maximum absolute atomic E-state index is 11.6. The van der Waals surface area contributed by atoms with Crippen LogP contribution in [0.25, 0.3) is 0 Å². The third kappa shape index (κ3) is 15.4. The van der Waals surface area contributed by atoms with Gasteiger partial charge >= 0.3 is 11.9 Å². The summed E-state index contributed by atoms with van der Waals surface area (Å²) < 4.78 is 14.6. The molecule has 0 aromatic carbocycles. The Bertz CT molecular complexity index is 487. The van der Waals surface area contributed by atoms with Gasteiger partial charge in [0.2, 0.25) is 11.8 Å². The molecule has 0 atom stereocenters. The lowest BCUT2D eigenvalue weighted by molar-refractivity contribution is -0.145. The standard InChI is InChI=1S/C15H24N2O10/c1-2-10(18)5-27-11(3-16-12(19)6-25-8-14(21)22)4-17-13(20)7-26-9-15(23)24/h11H,2-9H2,1H3,(H,16,19)(H,17,20)(H,21,22)(H,23,24). The lowest BCUT2D eigenvalue weighted by Gasteiger charge is -2.19. The summed E-state index contributed by atoms with van der Waals surface area (Å²) in [5, 5.41) is 21.7. The summed E-state index contributed by atoms with van der Waals surface area (Å²) in [6, 6.07) is 0. The third-order valence-electron chi connectivity index (χ3n) is 2.85. The molecule has 0 radical (unpaired) electrons. The Morgan fingerprint density at radius 3 is 1.59 bits per heavy atom. The highest BCUT2D eigenvalue weighted by Crippen LogP contribution is 1.93. The zero-order valence-electron chi connectivity index (χ0n) is 14.9. The predicted molar refractivity (Wildman–Crippen MR) is 88.0 cm³/mol. The molecule has 0 heterocycles. The van der Waals surface area contributed by atoms with Crippen LogP contribution in [-0.2, 0) is 38.2 Å². The molecule has 0 saturated carbocycles. The van der Waals surface area contributed by atoms with E-state index in [4.69, 9.17) is 14.9 Å². The van der Waals surface area contributed by atoms with Gasteiger partial charge in [-0.05, 0) is 0 Å². The monoisotopic (exact) mass is 392 g/mol. The topological polar surface area (TPSA) is 178 Å². The molecule has 154 valence electrons. The van der Waals surface area contributed by atoms with Crippen molar-refractivity contribution in [2.45, 2.75) is 19.4 Å². The summed E-state index contributed by atoms with van der Waals surface area (Å²) >= 11 is 0. The van der Waals surface area contributed by atoms with Gasteiger partial charge in [-0.15, -0.1) is 0 Å². The summed E-state index contributed by atoms with van der Waals surface area (Å²) in [6.45, 7) is -0.868. The van der Waals surface area contributed by atoms with E-state index in [1.807, 2.05) is 0 Å². The highest BCUT2D eigenvalue weighted by molar-refractivity contribution is 5.79. The number of nitrogens with one attached hydrogen (secondary N) is 2. The van der Waals surface area contributed by atoms with Crippen molar-refractivity contribution < 1.29 is 48.4 Å². The number of carbonyl (C=O) groups is 5. The summed E-state index contributed by atoms with van der Waals surface area (Å²) in [6.07, 6.45) is -0.482. The van der Waals surface area contributed by atoms with Crippen molar-refractivity contribution in [3.63, 3.8) is 0 Å². The first kappa shape index (κ1) is 24.4. The minimum atomic E-state index is -1.21. The molecule has 0 aliphatic heterocycles. The van der Waals surface area contributed by atoms with Gasteiger partial charge in [0.15, 0.2) is 5.78 Å². The molecule has 12 heteroatoms. The molecule has 2 amide bonds. The van der Waals surface area contributed by atoms with Gasteiger partial charge in [0.25, 0.3) is 0 Å². The molecular weight excluding hydrogens is 368 g/mol. The van der Waals surface area contributed by atoms with Crippen LogP contribution >= 0.6 is 0 Å². The quantitative estimate of drug-likeness (QED) is 0.225. The van der Waals surface area contributed by atoms with E-state index in [9.17, 15) is 24.0 Å².